The number of hydrogen-bond donors (Lipinski definition) is 1. The Morgan fingerprint density at radius 1 is 1.50 bits per heavy atom. The van der Waals surface area contributed by atoms with Crippen LogP contribution in [0.1, 0.15) is 23.5 Å². The number of amides is 1. The number of thiophene rings is 1. The third kappa shape index (κ3) is 2.67. The summed E-state index contributed by atoms with van der Waals surface area (Å²) in [5.41, 5.74) is 7.27. The molecular formula is C15H17FN2OS. The van der Waals surface area contributed by atoms with Crippen LogP contribution < -0.4 is 5.73 Å². The Morgan fingerprint density at radius 2 is 2.20 bits per heavy atom. The van der Waals surface area contributed by atoms with Gasteiger partial charge in [-0.25, -0.2) is 4.39 Å². The van der Waals surface area contributed by atoms with Gasteiger partial charge in [0.15, 0.2) is 0 Å². The lowest BCUT2D eigenvalue weighted by Gasteiger charge is -2.20. The van der Waals surface area contributed by atoms with Crippen LogP contribution in [0.15, 0.2) is 30.4 Å². The Kier molecular flexibility index (Phi) is 4.09. The fourth-order valence-corrected chi connectivity index (χ4v) is 3.12. The maximum atomic E-state index is 13.3. The number of halogens is 1. The molecule has 0 aliphatic rings. The van der Waals surface area contributed by atoms with E-state index >= 15 is 0 Å². The summed E-state index contributed by atoms with van der Waals surface area (Å²) in [5, 5.41) is 0.602. The first-order chi connectivity index (χ1) is 9.43. The molecule has 2 aromatic rings. The second kappa shape index (κ2) is 5.63. The fraction of sp³-hybridized carbons (Fsp3) is 0.267. The van der Waals surface area contributed by atoms with E-state index in [0.29, 0.717) is 29.0 Å². The molecule has 0 aliphatic carbocycles. The largest absolute Gasteiger partial charge is 0.397 e. The van der Waals surface area contributed by atoms with E-state index in [1.165, 1.54) is 23.5 Å². The summed E-state index contributed by atoms with van der Waals surface area (Å²) in [5.74, 6) is -0.482. The van der Waals surface area contributed by atoms with Crippen molar-refractivity contribution in [3.8, 4) is 0 Å². The van der Waals surface area contributed by atoms with Crippen LogP contribution in [0.3, 0.4) is 0 Å². The van der Waals surface area contributed by atoms with Crippen molar-refractivity contribution in [3.63, 3.8) is 0 Å². The summed E-state index contributed by atoms with van der Waals surface area (Å²) < 4.78 is 14.1. The second-order valence-electron chi connectivity index (χ2n) is 4.76. The molecule has 2 rings (SSSR count). The van der Waals surface area contributed by atoms with Gasteiger partial charge in [0.25, 0.3) is 5.91 Å². The fourth-order valence-electron chi connectivity index (χ4n) is 2.04. The molecule has 0 aliphatic heterocycles. The molecule has 3 nitrogen and oxygen atoms in total. The lowest BCUT2D eigenvalue weighted by Crippen LogP contribution is -2.32. The first kappa shape index (κ1) is 14.5. The molecule has 106 valence electrons. The third-order valence-corrected chi connectivity index (χ3v) is 4.19. The number of nitrogen functional groups attached to an aromatic ring is 1. The Labute approximate surface area is 121 Å². The van der Waals surface area contributed by atoms with Gasteiger partial charge in [0.05, 0.1) is 5.69 Å². The van der Waals surface area contributed by atoms with E-state index in [1.54, 1.807) is 11.0 Å². The highest BCUT2D eigenvalue weighted by Crippen LogP contribution is 2.34. The summed E-state index contributed by atoms with van der Waals surface area (Å²) in [6, 6.07) is 4.39. The molecule has 0 atom stereocenters. The zero-order valence-corrected chi connectivity index (χ0v) is 12.4. The van der Waals surface area contributed by atoms with Gasteiger partial charge in [-0.15, -0.1) is 11.3 Å². The van der Waals surface area contributed by atoms with Crippen molar-refractivity contribution in [2.45, 2.75) is 13.8 Å². The van der Waals surface area contributed by atoms with Crippen LogP contribution in [-0.2, 0) is 0 Å². The molecule has 1 amide bonds. The molecule has 0 unspecified atom stereocenters. The summed E-state index contributed by atoms with van der Waals surface area (Å²) in [7, 11) is 0. The van der Waals surface area contributed by atoms with Gasteiger partial charge < -0.3 is 10.6 Å². The molecule has 0 bridgehead atoms. The lowest BCUT2D eigenvalue weighted by molar-refractivity contribution is 0.0784. The molecule has 5 heteroatoms. The molecule has 20 heavy (non-hydrogen) atoms. The molecule has 0 spiro atoms. The average Bonchev–Trinajstić information content (AvgIpc) is 2.72. The number of carbonyl (C=O) groups is 1. The molecule has 0 radical (unpaired) electrons. The third-order valence-electron chi connectivity index (χ3n) is 3.01. The van der Waals surface area contributed by atoms with Crippen molar-refractivity contribution in [3.05, 3.63) is 41.0 Å². The van der Waals surface area contributed by atoms with E-state index in [0.717, 1.165) is 10.3 Å². The monoisotopic (exact) mass is 292 g/mol. The summed E-state index contributed by atoms with van der Waals surface area (Å²) in [6.07, 6.45) is 0. The van der Waals surface area contributed by atoms with Crippen molar-refractivity contribution in [1.29, 1.82) is 0 Å². The summed E-state index contributed by atoms with van der Waals surface area (Å²) >= 11 is 1.30. The standard InChI is InChI=1S/C15H17FN2OS/c1-4-18(8-9(2)3)15(19)14-13(17)11-7-10(16)5-6-12(11)20-14/h5-7H,2,4,8,17H2,1,3H3. The van der Waals surface area contributed by atoms with Crippen LogP contribution in [0.2, 0.25) is 0 Å². The van der Waals surface area contributed by atoms with Crippen molar-refractivity contribution < 1.29 is 9.18 Å². The topological polar surface area (TPSA) is 46.3 Å². The predicted octanol–water partition coefficient (Wildman–Crippen LogP) is 3.66. The Bertz CT molecular complexity index is 678. The molecule has 1 aromatic heterocycles. The van der Waals surface area contributed by atoms with Gasteiger partial charge in [-0.1, -0.05) is 12.2 Å². The number of anilines is 1. The van der Waals surface area contributed by atoms with Crippen LogP contribution in [0.25, 0.3) is 10.1 Å². The van der Waals surface area contributed by atoms with Gasteiger partial charge in [0, 0.05) is 23.2 Å². The van der Waals surface area contributed by atoms with E-state index < -0.39 is 0 Å². The van der Waals surface area contributed by atoms with Crippen LogP contribution >= 0.6 is 11.3 Å². The van der Waals surface area contributed by atoms with Gasteiger partial charge >= 0.3 is 0 Å². The van der Waals surface area contributed by atoms with Gasteiger partial charge in [0.2, 0.25) is 0 Å². The van der Waals surface area contributed by atoms with Crippen molar-refractivity contribution >= 4 is 33.0 Å². The number of fused-ring (bicyclic) bond motifs is 1. The van der Waals surface area contributed by atoms with Gasteiger partial charge in [0.1, 0.15) is 10.7 Å². The first-order valence-electron chi connectivity index (χ1n) is 6.35. The van der Waals surface area contributed by atoms with E-state index in [4.69, 9.17) is 5.73 Å². The molecule has 2 N–H and O–H groups in total. The number of carbonyl (C=O) groups excluding carboxylic acids is 1. The Balaban J connectivity index is 2.44. The minimum absolute atomic E-state index is 0.130. The van der Waals surface area contributed by atoms with Crippen LogP contribution in [0, 0.1) is 5.82 Å². The highest BCUT2D eigenvalue weighted by molar-refractivity contribution is 7.21. The van der Waals surface area contributed by atoms with Crippen molar-refractivity contribution in [2.24, 2.45) is 0 Å². The quantitative estimate of drug-likeness (QED) is 0.874. The zero-order chi connectivity index (χ0) is 14.9. The molecule has 0 fully saturated rings. The number of rotatable bonds is 4. The number of nitrogens with zero attached hydrogens (tertiary/aromatic N) is 1. The number of benzene rings is 1. The maximum absolute atomic E-state index is 13.3. The first-order valence-corrected chi connectivity index (χ1v) is 7.16. The van der Waals surface area contributed by atoms with Gasteiger partial charge in [-0.3, -0.25) is 4.79 Å². The van der Waals surface area contributed by atoms with Gasteiger partial charge in [-0.05, 0) is 32.0 Å². The molecule has 1 aromatic carbocycles. The molecule has 1 heterocycles. The number of likely N-dealkylation sites (N-methyl/N-ethyl adjacent to an activating group) is 1. The number of hydrogen-bond acceptors (Lipinski definition) is 3. The van der Waals surface area contributed by atoms with E-state index in [9.17, 15) is 9.18 Å². The highest BCUT2D eigenvalue weighted by atomic mass is 32.1. The van der Waals surface area contributed by atoms with Crippen LogP contribution in [0.5, 0.6) is 0 Å². The number of nitrogens with two attached hydrogens (primary N) is 1. The molecule has 0 saturated heterocycles. The normalized spacial score (nSPS) is 10.8. The van der Waals surface area contributed by atoms with Gasteiger partial charge in [-0.2, -0.15) is 0 Å². The second-order valence-corrected chi connectivity index (χ2v) is 5.81. The Morgan fingerprint density at radius 3 is 2.80 bits per heavy atom. The molecular weight excluding hydrogens is 275 g/mol. The zero-order valence-electron chi connectivity index (χ0n) is 11.6. The maximum Gasteiger partial charge on any atom is 0.266 e. The Hall–Kier alpha value is -1.88. The lowest BCUT2D eigenvalue weighted by atomic mass is 10.2. The smallest absolute Gasteiger partial charge is 0.266 e. The predicted molar refractivity (Wildman–Crippen MR) is 82.6 cm³/mol. The van der Waals surface area contributed by atoms with Crippen LogP contribution in [-0.4, -0.2) is 23.9 Å². The SMILES string of the molecule is C=C(C)CN(CC)C(=O)c1sc2ccc(F)cc2c1N. The van der Waals surface area contributed by atoms with Crippen molar-refractivity contribution in [2.75, 3.05) is 18.8 Å². The van der Waals surface area contributed by atoms with E-state index in [2.05, 4.69) is 6.58 Å². The minimum Gasteiger partial charge on any atom is -0.397 e. The molecule has 0 saturated carbocycles. The minimum atomic E-state index is -0.352. The highest BCUT2D eigenvalue weighted by Gasteiger charge is 2.21. The average molecular weight is 292 g/mol. The van der Waals surface area contributed by atoms with Crippen molar-refractivity contribution in [1.82, 2.24) is 4.90 Å². The summed E-state index contributed by atoms with van der Waals surface area (Å²) in [6.45, 7) is 8.68. The van der Waals surface area contributed by atoms with Crippen LogP contribution in [0.4, 0.5) is 10.1 Å². The van der Waals surface area contributed by atoms with E-state index in [-0.39, 0.29) is 11.7 Å². The summed E-state index contributed by atoms with van der Waals surface area (Å²) in [4.78, 5) is 14.7. The van der Waals surface area contributed by atoms with E-state index in [1.807, 2.05) is 13.8 Å².